The monoisotopic (exact) mass is 300 g/mol. The molecule has 20 heavy (non-hydrogen) atoms. The van der Waals surface area contributed by atoms with E-state index in [1.165, 1.54) is 23.9 Å². The molecule has 0 radical (unpaired) electrons. The molecular formula is C15H15F3OS. The molecule has 5 heteroatoms. The summed E-state index contributed by atoms with van der Waals surface area (Å²) < 4.78 is 37.7. The van der Waals surface area contributed by atoms with E-state index < -0.39 is 11.7 Å². The minimum atomic E-state index is -4.29. The van der Waals surface area contributed by atoms with E-state index in [1.807, 2.05) is 6.08 Å². The highest BCUT2D eigenvalue weighted by molar-refractivity contribution is 7.99. The molecule has 0 amide bonds. The van der Waals surface area contributed by atoms with Crippen molar-refractivity contribution in [1.29, 1.82) is 0 Å². The predicted molar refractivity (Wildman–Crippen MR) is 73.7 cm³/mol. The molecule has 1 atom stereocenters. The molecule has 0 saturated heterocycles. The molecule has 0 aliphatic heterocycles. The van der Waals surface area contributed by atoms with Crippen molar-refractivity contribution in [3.63, 3.8) is 0 Å². The first kappa shape index (κ1) is 15.2. The van der Waals surface area contributed by atoms with Gasteiger partial charge in [0.15, 0.2) is 5.78 Å². The maximum Gasteiger partial charge on any atom is 0.416 e. The minimum absolute atomic E-state index is 0.144. The summed E-state index contributed by atoms with van der Waals surface area (Å²) in [7, 11) is 0. The van der Waals surface area contributed by atoms with Gasteiger partial charge in [-0.3, -0.25) is 4.79 Å². The molecule has 2 rings (SSSR count). The molecule has 1 unspecified atom stereocenters. The van der Waals surface area contributed by atoms with Crippen LogP contribution >= 0.6 is 11.8 Å². The Morgan fingerprint density at radius 1 is 1.30 bits per heavy atom. The zero-order chi connectivity index (χ0) is 14.6. The maximum absolute atomic E-state index is 12.6. The van der Waals surface area contributed by atoms with E-state index in [1.54, 1.807) is 12.1 Å². The first-order valence-corrected chi connectivity index (χ1v) is 7.43. The lowest BCUT2D eigenvalue weighted by Crippen LogP contribution is -2.11. The standard InChI is InChI=1S/C15H15F3OS/c16-15(17,18)12-4-2-6-14(10-12)20-8-7-11-3-1-5-13(19)9-11/h1-2,4-6,10-11H,3,7-9H2. The number of carbonyl (C=O) groups excluding carboxylic acids is 1. The zero-order valence-electron chi connectivity index (χ0n) is 10.8. The number of allylic oxidation sites excluding steroid dienone is 2. The van der Waals surface area contributed by atoms with Crippen LogP contribution in [-0.4, -0.2) is 11.5 Å². The number of ketones is 1. The van der Waals surface area contributed by atoms with Crippen LogP contribution in [0.2, 0.25) is 0 Å². The quantitative estimate of drug-likeness (QED) is 0.748. The van der Waals surface area contributed by atoms with Gasteiger partial charge in [0, 0.05) is 11.3 Å². The largest absolute Gasteiger partial charge is 0.416 e. The molecule has 108 valence electrons. The van der Waals surface area contributed by atoms with Gasteiger partial charge in [0.2, 0.25) is 0 Å². The molecule has 0 spiro atoms. The van der Waals surface area contributed by atoms with Crippen molar-refractivity contribution in [3.8, 4) is 0 Å². The molecule has 0 heterocycles. The number of hydrogen-bond donors (Lipinski definition) is 0. The van der Waals surface area contributed by atoms with Gasteiger partial charge in [-0.05, 0) is 48.8 Å². The van der Waals surface area contributed by atoms with E-state index in [-0.39, 0.29) is 5.78 Å². The zero-order valence-corrected chi connectivity index (χ0v) is 11.6. The predicted octanol–water partition coefficient (Wildman–Crippen LogP) is 4.72. The molecule has 1 aliphatic carbocycles. The lowest BCUT2D eigenvalue weighted by molar-refractivity contribution is -0.137. The van der Waals surface area contributed by atoms with Gasteiger partial charge in [-0.25, -0.2) is 0 Å². The fourth-order valence-corrected chi connectivity index (χ4v) is 3.23. The summed E-state index contributed by atoms with van der Waals surface area (Å²) in [6, 6.07) is 5.37. The Morgan fingerprint density at radius 3 is 2.80 bits per heavy atom. The third-order valence-electron chi connectivity index (χ3n) is 3.22. The van der Waals surface area contributed by atoms with Crippen LogP contribution in [-0.2, 0) is 11.0 Å². The first-order valence-electron chi connectivity index (χ1n) is 6.44. The molecule has 0 aromatic heterocycles. The van der Waals surface area contributed by atoms with Gasteiger partial charge in [0.05, 0.1) is 5.56 Å². The highest BCUT2D eigenvalue weighted by Gasteiger charge is 2.30. The Balaban J connectivity index is 1.85. The van der Waals surface area contributed by atoms with E-state index >= 15 is 0 Å². The Hall–Kier alpha value is -1.23. The van der Waals surface area contributed by atoms with Crippen LogP contribution in [0.4, 0.5) is 13.2 Å². The minimum Gasteiger partial charge on any atom is -0.295 e. The number of rotatable bonds is 4. The normalized spacial score (nSPS) is 19.4. The van der Waals surface area contributed by atoms with Crippen LogP contribution < -0.4 is 0 Å². The number of alkyl halides is 3. The lowest BCUT2D eigenvalue weighted by Gasteiger charge is -2.16. The highest BCUT2D eigenvalue weighted by Crippen LogP contribution is 2.32. The maximum atomic E-state index is 12.6. The van der Waals surface area contributed by atoms with Crippen molar-refractivity contribution in [2.24, 2.45) is 5.92 Å². The van der Waals surface area contributed by atoms with Gasteiger partial charge < -0.3 is 0 Å². The SMILES string of the molecule is O=C1C=CCC(CCSc2cccc(C(F)(F)F)c2)C1. The summed E-state index contributed by atoms with van der Waals surface area (Å²) in [5.41, 5.74) is -0.613. The second-order valence-electron chi connectivity index (χ2n) is 4.84. The van der Waals surface area contributed by atoms with Crippen molar-refractivity contribution in [1.82, 2.24) is 0 Å². The summed E-state index contributed by atoms with van der Waals surface area (Å²) in [6.07, 6.45) is 1.48. The highest BCUT2D eigenvalue weighted by atomic mass is 32.2. The summed E-state index contributed by atoms with van der Waals surface area (Å²) in [6.45, 7) is 0. The summed E-state index contributed by atoms with van der Waals surface area (Å²) in [4.78, 5) is 11.9. The average molecular weight is 300 g/mol. The van der Waals surface area contributed by atoms with Gasteiger partial charge in [0.25, 0.3) is 0 Å². The number of carbonyl (C=O) groups is 1. The van der Waals surface area contributed by atoms with Crippen molar-refractivity contribution in [2.45, 2.75) is 30.3 Å². The van der Waals surface area contributed by atoms with Crippen LogP contribution in [0.5, 0.6) is 0 Å². The van der Waals surface area contributed by atoms with Crippen molar-refractivity contribution < 1.29 is 18.0 Å². The van der Waals surface area contributed by atoms with Gasteiger partial charge in [-0.2, -0.15) is 13.2 Å². The third kappa shape index (κ3) is 4.40. The van der Waals surface area contributed by atoms with Crippen LogP contribution in [0.25, 0.3) is 0 Å². The Labute approximate surface area is 120 Å². The molecule has 0 saturated carbocycles. The smallest absolute Gasteiger partial charge is 0.295 e. The van der Waals surface area contributed by atoms with Crippen LogP contribution in [0.1, 0.15) is 24.8 Å². The summed E-state index contributed by atoms with van der Waals surface area (Å²) in [5, 5.41) is 0. The summed E-state index contributed by atoms with van der Waals surface area (Å²) >= 11 is 1.41. The molecule has 0 bridgehead atoms. The van der Waals surface area contributed by atoms with Gasteiger partial charge in [0.1, 0.15) is 0 Å². The van der Waals surface area contributed by atoms with Crippen molar-refractivity contribution in [3.05, 3.63) is 42.0 Å². The lowest BCUT2D eigenvalue weighted by atomic mass is 9.91. The Morgan fingerprint density at radius 2 is 2.10 bits per heavy atom. The molecule has 1 aliphatic rings. The second kappa shape index (κ2) is 6.48. The van der Waals surface area contributed by atoms with Gasteiger partial charge in [-0.1, -0.05) is 12.1 Å². The van der Waals surface area contributed by atoms with Crippen molar-refractivity contribution in [2.75, 3.05) is 5.75 Å². The van der Waals surface area contributed by atoms with Gasteiger partial charge in [-0.15, -0.1) is 11.8 Å². The molecule has 1 aromatic rings. The third-order valence-corrected chi connectivity index (χ3v) is 4.25. The topological polar surface area (TPSA) is 17.1 Å². The molecule has 1 nitrogen and oxygen atoms in total. The molecule has 0 fully saturated rings. The van der Waals surface area contributed by atoms with Crippen LogP contribution in [0.15, 0.2) is 41.3 Å². The molecular weight excluding hydrogens is 285 g/mol. The Bertz CT molecular complexity index is 508. The number of thioether (sulfide) groups is 1. The van der Waals surface area contributed by atoms with Crippen molar-refractivity contribution >= 4 is 17.5 Å². The van der Waals surface area contributed by atoms with Gasteiger partial charge >= 0.3 is 6.18 Å². The number of hydrogen-bond acceptors (Lipinski definition) is 2. The second-order valence-corrected chi connectivity index (χ2v) is 6.01. The fourth-order valence-electron chi connectivity index (χ4n) is 2.15. The van der Waals surface area contributed by atoms with Crippen LogP contribution in [0.3, 0.4) is 0 Å². The number of benzene rings is 1. The Kier molecular flexibility index (Phi) is 4.91. The van der Waals surface area contributed by atoms with E-state index in [4.69, 9.17) is 0 Å². The average Bonchev–Trinajstić information content (AvgIpc) is 2.38. The first-order chi connectivity index (χ1) is 9.45. The van der Waals surface area contributed by atoms with Crippen LogP contribution in [0, 0.1) is 5.92 Å². The molecule has 1 aromatic carbocycles. The van der Waals surface area contributed by atoms with E-state index in [0.717, 1.165) is 24.7 Å². The fraction of sp³-hybridized carbons (Fsp3) is 0.400. The number of halogens is 3. The van der Waals surface area contributed by atoms with E-state index in [9.17, 15) is 18.0 Å². The van der Waals surface area contributed by atoms with E-state index in [2.05, 4.69) is 0 Å². The van der Waals surface area contributed by atoms with E-state index in [0.29, 0.717) is 17.2 Å². The summed E-state index contributed by atoms with van der Waals surface area (Å²) in [5.74, 6) is 1.20. The molecule has 0 N–H and O–H groups in total.